The molecule has 110 heavy (non-hydrogen) atoms. The van der Waals surface area contributed by atoms with Crippen LogP contribution in [-0.4, -0.2) is 96.7 Å². The molecule has 3 unspecified atom stereocenters. The zero-order valence-electron chi connectivity index (χ0n) is 72.6. The number of rotatable bonds is 90. The molecule has 0 radical (unpaired) electrons. The summed E-state index contributed by atoms with van der Waals surface area (Å²) in [4.78, 5) is 73.4. The van der Waals surface area contributed by atoms with Gasteiger partial charge in [-0.1, -0.05) is 440 Å². The first-order valence-corrected chi connectivity index (χ1v) is 50.0. The van der Waals surface area contributed by atoms with E-state index in [1.54, 1.807) is 0 Å². The highest BCUT2D eigenvalue weighted by molar-refractivity contribution is 7.47. The van der Waals surface area contributed by atoms with Gasteiger partial charge >= 0.3 is 39.5 Å². The van der Waals surface area contributed by atoms with Crippen LogP contribution in [0.25, 0.3) is 0 Å². The number of ether oxygens (including phenoxy) is 4. The molecule has 0 saturated heterocycles. The monoisotopic (exact) mass is 1610 g/mol. The van der Waals surface area contributed by atoms with Crippen molar-refractivity contribution in [1.82, 2.24) is 0 Å². The van der Waals surface area contributed by atoms with Crippen LogP contribution in [0.15, 0.2) is 0 Å². The minimum atomic E-state index is -4.97. The third kappa shape index (κ3) is 82.6. The summed E-state index contributed by atoms with van der Waals surface area (Å²) < 4.78 is 69.0. The Bertz CT molecular complexity index is 2100. The molecule has 0 bridgehead atoms. The normalized spacial score (nSPS) is 14.0. The predicted octanol–water partition coefficient (Wildman–Crippen LogP) is 28.2. The van der Waals surface area contributed by atoms with Crippen molar-refractivity contribution >= 4 is 39.5 Å². The standard InChI is InChI=1S/C91H178O17P2/c1-7-10-12-14-16-18-20-21-22-23-24-25-26-30-33-39-44-50-56-62-68-74-89(94)102-80-87(108-90(95)75-69-63-57-51-45-40-34-31-28-27-29-32-37-42-47-53-59-65-71-83(4)5)82-106-110(99,100)104-78-85(92)77-103-109(97,98)105-81-86(79-101-88(93)73-67-61-55-49-19-17-15-13-11-8-2)107-91(96)76-70-64-58-52-46-41-36-35-38-43-48-54-60-66-72-84(6)9-3/h83-87,92H,7-82H2,1-6H3,(H,97,98)(H,99,100)/t84?,85-,86+,87+/m0/s1. The van der Waals surface area contributed by atoms with Crippen LogP contribution in [0.3, 0.4) is 0 Å². The van der Waals surface area contributed by atoms with Crippen molar-refractivity contribution in [3.8, 4) is 0 Å². The van der Waals surface area contributed by atoms with Crippen LogP contribution in [-0.2, 0) is 65.4 Å². The van der Waals surface area contributed by atoms with E-state index < -0.39 is 97.5 Å². The van der Waals surface area contributed by atoms with E-state index in [2.05, 4.69) is 41.5 Å². The fourth-order valence-corrected chi connectivity index (χ4v) is 15.9. The van der Waals surface area contributed by atoms with Gasteiger partial charge in [-0.2, -0.15) is 0 Å². The molecule has 0 spiro atoms. The second-order valence-electron chi connectivity index (χ2n) is 33.4. The Morgan fingerprint density at radius 2 is 0.464 bits per heavy atom. The summed E-state index contributed by atoms with van der Waals surface area (Å²) in [5.41, 5.74) is 0. The van der Waals surface area contributed by atoms with E-state index in [1.165, 1.54) is 308 Å². The number of phosphoric ester groups is 2. The largest absolute Gasteiger partial charge is 0.472 e. The first-order valence-electron chi connectivity index (χ1n) is 47.0. The Morgan fingerprint density at radius 1 is 0.264 bits per heavy atom. The number of aliphatic hydroxyl groups excluding tert-OH is 1. The van der Waals surface area contributed by atoms with Gasteiger partial charge in [0.1, 0.15) is 19.3 Å². The lowest BCUT2D eigenvalue weighted by atomic mass is 9.99. The van der Waals surface area contributed by atoms with Crippen molar-refractivity contribution < 1.29 is 80.2 Å². The summed E-state index contributed by atoms with van der Waals surface area (Å²) in [5.74, 6) is -0.430. The maximum Gasteiger partial charge on any atom is 0.472 e. The molecule has 0 amide bonds. The van der Waals surface area contributed by atoms with Crippen LogP contribution in [0.2, 0.25) is 0 Å². The Balaban J connectivity index is 5.22. The van der Waals surface area contributed by atoms with Crippen molar-refractivity contribution in [1.29, 1.82) is 0 Å². The summed E-state index contributed by atoms with van der Waals surface area (Å²) in [6.45, 7) is 9.78. The van der Waals surface area contributed by atoms with Gasteiger partial charge in [-0.15, -0.1) is 0 Å². The average Bonchev–Trinajstić information content (AvgIpc) is 0.903. The summed E-state index contributed by atoms with van der Waals surface area (Å²) in [6, 6.07) is 0. The third-order valence-corrected chi connectivity index (χ3v) is 23.7. The van der Waals surface area contributed by atoms with E-state index in [0.29, 0.717) is 25.7 Å². The molecule has 6 atom stereocenters. The molecule has 0 rings (SSSR count). The highest BCUT2D eigenvalue weighted by Crippen LogP contribution is 2.45. The molecular formula is C91H178O17P2. The van der Waals surface area contributed by atoms with E-state index in [4.69, 9.17) is 37.0 Å². The highest BCUT2D eigenvalue weighted by Gasteiger charge is 2.31. The van der Waals surface area contributed by atoms with Gasteiger partial charge in [-0.25, -0.2) is 9.13 Å². The number of aliphatic hydroxyl groups is 1. The van der Waals surface area contributed by atoms with Gasteiger partial charge in [0.2, 0.25) is 0 Å². The van der Waals surface area contributed by atoms with Gasteiger partial charge in [0.15, 0.2) is 12.2 Å². The SMILES string of the molecule is CCCCCCCCCCCCCCCCCCCCCCCC(=O)OC[C@H](COP(=O)(O)OC[C@@H](O)COP(=O)(O)OC[C@@H](COC(=O)CCCCCCCCCCCC)OC(=O)CCCCCCCCCCCCCCCCC(C)CC)OC(=O)CCCCCCCCCCCCCCCCCCCCC(C)C. The molecule has 0 aliphatic rings. The number of unbranched alkanes of at least 4 members (excludes halogenated alkanes) is 59. The molecule has 19 heteroatoms. The second-order valence-corrected chi connectivity index (χ2v) is 36.3. The summed E-state index contributed by atoms with van der Waals surface area (Å²) in [7, 11) is -9.93. The second kappa shape index (κ2) is 82.2. The van der Waals surface area contributed by atoms with Gasteiger partial charge < -0.3 is 33.8 Å². The van der Waals surface area contributed by atoms with Crippen LogP contribution in [0.4, 0.5) is 0 Å². The van der Waals surface area contributed by atoms with Crippen LogP contribution >= 0.6 is 15.6 Å². The van der Waals surface area contributed by atoms with Gasteiger partial charge in [-0.05, 0) is 37.5 Å². The smallest absolute Gasteiger partial charge is 0.462 e. The van der Waals surface area contributed by atoms with E-state index in [1.807, 2.05) is 0 Å². The first kappa shape index (κ1) is 108. The molecule has 3 N–H and O–H groups in total. The molecule has 17 nitrogen and oxygen atoms in total. The number of carbonyl (C=O) groups excluding carboxylic acids is 4. The fraction of sp³-hybridized carbons (Fsp3) is 0.956. The maximum absolute atomic E-state index is 13.2. The van der Waals surface area contributed by atoms with Crippen molar-refractivity contribution in [3.05, 3.63) is 0 Å². The lowest BCUT2D eigenvalue weighted by Crippen LogP contribution is -2.30. The molecule has 0 aromatic heterocycles. The van der Waals surface area contributed by atoms with E-state index in [9.17, 15) is 43.2 Å². The number of phosphoric acid groups is 2. The molecule has 0 aromatic rings. The molecule has 0 saturated carbocycles. The van der Waals surface area contributed by atoms with E-state index >= 15 is 0 Å². The quantitative estimate of drug-likeness (QED) is 0.0222. The van der Waals surface area contributed by atoms with Gasteiger partial charge in [0, 0.05) is 25.7 Å². The maximum atomic E-state index is 13.2. The topological polar surface area (TPSA) is 237 Å². The zero-order chi connectivity index (χ0) is 80.6. The van der Waals surface area contributed by atoms with Crippen molar-refractivity contribution in [3.63, 3.8) is 0 Å². The molecular weight excluding hydrogens is 1430 g/mol. The lowest BCUT2D eigenvalue weighted by Gasteiger charge is -2.21. The van der Waals surface area contributed by atoms with Crippen molar-refractivity contribution in [2.75, 3.05) is 39.6 Å². The predicted molar refractivity (Wildman–Crippen MR) is 455 cm³/mol. The molecule has 0 fully saturated rings. The Hall–Kier alpha value is -1.94. The fourth-order valence-electron chi connectivity index (χ4n) is 14.3. The Kier molecular flexibility index (Phi) is 80.7. The van der Waals surface area contributed by atoms with Crippen LogP contribution in [0.1, 0.15) is 491 Å². The summed E-state index contributed by atoms with van der Waals surface area (Å²) in [5, 5.41) is 10.7. The zero-order valence-corrected chi connectivity index (χ0v) is 74.4. The minimum absolute atomic E-state index is 0.108. The van der Waals surface area contributed by atoms with Gasteiger partial charge in [-0.3, -0.25) is 37.3 Å². The lowest BCUT2D eigenvalue weighted by molar-refractivity contribution is -0.161. The number of carbonyl (C=O) groups is 4. The number of esters is 4. The average molecular weight is 1610 g/mol. The molecule has 654 valence electrons. The molecule has 0 heterocycles. The van der Waals surface area contributed by atoms with Gasteiger partial charge in [0.05, 0.1) is 26.4 Å². The summed E-state index contributed by atoms with van der Waals surface area (Å²) in [6.07, 6.45) is 76.4. The Labute approximate surface area is 677 Å². The minimum Gasteiger partial charge on any atom is -0.462 e. The molecule has 0 aromatic carbocycles. The number of hydrogen-bond acceptors (Lipinski definition) is 15. The summed E-state index contributed by atoms with van der Waals surface area (Å²) >= 11 is 0. The van der Waals surface area contributed by atoms with E-state index in [-0.39, 0.29) is 25.7 Å². The van der Waals surface area contributed by atoms with Gasteiger partial charge in [0.25, 0.3) is 0 Å². The first-order chi connectivity index (χ1) is 53.4. The molecule has 0 aliphatic heterocycles. The van der Waals surface area contributed by atoms with Crippen LogP contribution in [0, 0.1) is 11.8 Å². The highest BCUT2D eigenvalue weighted by atomic mass is 31.2. The third-order valence-electron chi connectivity index (χ3n) is 21.8. The number of hydrogen-bond donors (Lipinski definition) is 3. The molecule has 0 aliphatic carbocycles. The van der Waals surface area contributed by atoms with E-state index in [0.717, 1.165) is 102 Å². The van der Waals surface area contributed by atoms with Crippen LogP contribution in [0.5, 0.6) is 0 Å². The van der Waals surface area contributed by atoms with Crippen molar-refractivity contribution in [2.24, 2.45) is 11.8 Å². The Morgan fingerprint density at radius 3 is 0.691 bits per heavy atom. The van der Waals surface area contributed by atoms with Crippen LogP contribution < -0.4 is 0 Å². The van der Waals surface area contributed by atoms with Crippen molar-refractivity contribution in [2.45, 2.75) is 509 Å².